The Labute approximate surface area is 141 Å². The van der Waals surface area contributed by atoms with Crippen molar-refractivity contribution >= 4 is 23.2 Å². The van der Waals surface area contributed by atoms with Crippen LogP contribution in [0.5, 0.6) is 11.5 Å². The molecule has 5 heteroatoms. The molecule has 122 valence electrons. The maximum Gasteiger partial charge on any atom is 0.265 e. The number of nitrogens with one attached hydrogen (secondary N) is 1. The second-order valence-corrected chi connectivity index (χ2v) is 5.60. The van der Waals surface area contributed by atoms with E-state index >= 15 is 0 Å². The number of carbonyl (C=O) groups excluding carboxylic acids is 1. The number of benzene rings is 2. The van der Waals surface area contributed by atoms with Crippen molar-refractivity contribution in [1.82, 2.24) is 0 Å². The van der Waals surface area contributed by atoms with Crippen LogP contribution in [0.1, 0.15) is 18.9 Å². The van der Waals surface area contributed by atoms with E-state index < -0.39 is 6.10 Å². The smallest absolute Gasteiger partial charge is 0.265 e. The lowest BCUT2D eigenvalue weighted by Crippen LogP contribution is -2.32. The molecule has 4 nitrogen and oxygen atoms in total. The van der Waals surface area contributed by atoms with Crippen LogP contribution in [-0.2, 0) is 4.79 Å². The average Bonchev–Trinajstić information content (AvgIpc) is 2.53. The molecule has 0 unspecified atom stereocenters. The van der Waals surface area contributed by atoms with E-state index in [2.05, 4.69) is 5.32 Å². The number of rotatable bonds is 6. The fourth-order valence-corrected chi connectivity index (χ4v) is 2.34. The van der Waals surface area contributed by atoms with Gasteiger partial charge in [0, 0.05) is 5.02 Å². The maximum absolute atomic E-state index is 12.5. The number of hydrogen-bond donors (Lipinski definition) is 1. The van der Waals surface area contributed by atoms with Gasteiger partial charge in [0.25, 0.3) is 5.91 Å². The third-order valence-electron chi connectivity index (χ3n) is 3.35. The van der Waals surface area contributed by atoms with Crippen LogP contribution in [0.4, 0.5) is 5.69 Å². The van der Waals surface area contributed by atoms with Gasteiger partial charge in [-0.05, 0) is 49.2 Å². The number of methoxy groups -OCH3 is 1. The topological polar surface area (TPSA) is 47.6 Å². The molecule has 0 saturated heterocycles. The van der Waals surface area contributed by atoms with Crippen molar-refractivity contribution < 1.29 is 14.3 Å². The van der Waals surface area contributed by atoms with E-state index in [0.29, 0.717) is 28.6 Å². The molecule has 0 aliphatic carbocycles. The van der Waals surface area contributed by atoms with Crippen LogP contribution in [0, 0.1) is 6.92 Å². The third-order valence-corrected chi connectivity index (χ3v) is 3.59. The molecule has 2 rings (SSSR count). The summed E-state index contributed by atoms with van der Waals surface area (Å²) in [6.45, 7) is 3.87. The van der Waals surface area contributed by atoms with Gasteiger partial charge >= 0.3 is 0 Å². The average molecular weight is 334 g/mol. The summed E-state index contributed by atoms with van der Waals surface area (Å²) in [4.78, 5) is 12.5. The van der Waals surface area contributed by atoms with Crippen molar-refractivity contribution in [2.75, 3.05) is 12.4 Å². The minimum absolute atomic E-state index is 0.241. The van der Waals surface area contributed by atoms with Crippen LogP contribution in [0.2, 0.25) is 5.02 Å². The summed E-state index contributed by atoms with van der Waals surface area (Å²) in [6, 6.07) is 12.7. The van der Waals surface area contributed by atoms with E-state index in [1.54, 1.807) is 25.3 Å². The van der Waals surface area contributed by atoms with Gasteiger partial charge in [-0.2, -0.15) is 0 Å². The Morgan fingerprint density at radius 2 is 2.04 bits per heavy atom. The van der Waals surface area contributed by atoms with Gasteiger partial charge in [0.1, 0.15) is 11.5 Å². The van der Waals surface area contributed by atoms with Gasteiger partial charge in [-0.1, -0.05) is 30.7 Å². The molecular formula is C18H20ClNO3. The summed E-state index contributed by atoms with van der Waals surface area (Å²) >= 11 is 5.98. The number of anilines is 1. The molecule has 0 aromatic heterocycles. The van der Waals surface area contributed by atoms with Gasteiger partial charge < -0.3 is 14.8 Å². The number of ether oxygens (including phenoxy) is 2. The molecule has 0 spiro atoms. The summed E-state index contributed by atoms with van der Waals surface area (Å²) in [5.41, 5.74) is 1.60. The van der Waals surface area contributed by atoms with Crippen LogP contribution in [-0.4, -0.2) is 19.1 Å². The van der Waals surface area contributed by atoms with Crippen molar-refractivity contribution in [3.63, 3.8) is 0 Å². The highest BCUT2D eigenvalue weighted by atomic mass is 35.5. The molecule has 0 bridgehead atoms. The first-order chi connectivity index (χ1) is 11.0. The Bertz CT molecular complexity index is 688. The molecule has 0 fully saturated rings. The first-order valence-electron chi connectivity index (χ1n) is 7.41. The highest BCUT2D eigenvalue weighted by Crippen LogP contribution is 2.28. The molecule has 0 radical (unpaired) electrons. The predicted molar refractivity (Wildman–Crippen MR) is 92.5 cm³/mol. The molecular weight excluding hydrogens is 314 g/mol. The van der Waals surface area contributed by atoms with Crippen molar-refractivity contribution in [3.05, 3.63) is 53.1 Å². The SMILES string of the molecule is CC[C@@H](Oc1cccc(C)c1)C(=O)Nc1cc(Cl)ccc1OC. The molecule has 0 aliphatic rings. The summed E-state index contributed by atoms with van der Waals surface area (Å²) in [7, 11) is 1.54. The quantitative estimate of drug-likeness (QED) is 0.849. The fraction of sp³-hybridized carbons (Fsp3) is 0.278. The molecule has 0 aliphatic heterocycles. The lowest BCUT2D eigenvalue weighted by Gasteiger charge is -2.18. The number of amides is 1. The minimum atomic E-state index is -0.597. The van der Waals surface area contributed by atoms with E-state index in [0.717, 1.165) is 5.56 Å². The minimum Gasteiger partial charge on any atom is -0.495 e. The predicted octanol–water partition coefficient (Wildman–Crippen LogP) is 4.45. The molecule has 1 atom stereocenters. The second kappa shape index (κ2) is 7.88. The Morgan fingerprint density at radius 3 is 2.70 bits per heavy atom. The molecule has 1 N–H and O–H groups in total. The zero-order valence-electron chi connectivity index (χ0n) is 13.4. The second-order valence-electron chi connectivity index (χ2n) is 5.17. The summed E-state index contributed by atoms with van der Waals surface area (Å²) < 4.78 is 11.0. The van der Waals surface area contributed by atoms with Gasteiger partial charge in [-0.25, -0.2) is 0 Å². The number of halogens is 1. The Balaban J connectivity index is 2.13. The fourth-order valence-electron chi connectivity index (χ4n) is 2.17. The van der Waals surface area contributed by atoms with Gasteiger partial charge in [-0.15, -0.1) is 0 Å². The van der Waals surface area contributed by atoms with E-state index in [4.69, 9.17) is 21.1 Å². The Morgan fingerprint density at radius 1 is 1.26 bits per heavy atom. The van der Waals surface area contributed by atoms with E-state index in [-0.39, 0.29) is 5.91 Å². The molecule has 0 heterocycles. The molecule has 2 aromatic rings. The van der Waals surface area contributed by atoms with Crippen molar-refractivity contribution in [3.8, 4) is 11.5 Å². The first kappa shape index (κ1) is 17.2. The zero-order valence-corrected chi connectivity index (χ0v) is 14.2. The maximum atomic E-state index is 12.5. The van der Waals surface area contributed by atoms with Crippen molar-refractivity contribution in [1.29, 1.82) is 0 Å². The Kier molecular flexibility index (Phi) is 5.88. The highest BCUT2D eigenvalue weighted by Gasteiger charge is 2.20. The van der Waals surface area contributed by atoms with Crippen LogP contribution < -0.4 is 14.8 Å². The largest absolute Gasteiger partial charge is 0.495 e. The van der Waals surface area contributed by atoms with E-state index in [1.165, 1.54) is 0 Å². The molecule has 2 aromatic carbocycles. The van der Waals surface area contributed by atoms with Gasteiger partial charge in [0.15, 0.2) is 6.10 Å². The van der Waals surface area contributed by atoms with Crippen LogP contribution in [0.15, 0.2) is 42.5 Å². The summed E-state index contributed by atoms with van der Waals surface area (Å²) in [6.07, 6.45) is -0.0525. The van der Waals surface area contributed by atoms with E-state index in [9.17, 15) is 4.79 Å². The van der Waals surface area contributed by atoms with E-state index in [1.807, 2.05) is 38.1 Å². The summed E-state index contributed by atoms with van der Waals surface area (Å²) in [5, 5.41) is 3.34. The summed E-state index contributed by atoms with van der Waals surface area (Å²) in [5.74, 6) is 0.979. The van der Waals surface area contributed by atoms with Crippen molar-refractivity contribution in [2.24, 2.45) is 0 Å². The van der Waals surface area contributed by atoms with Crippen LogP contribution in [0.3, 0.4) is 0 Å². The highest BCUT2D eigenvalue weighted by molar-refractivity contribution is 6.31. The van der Waals surface area contributed by atoms with Crippen LogP contribution >= 0.6 is 11.6 Å². The van der Waals surface area contributed by atoms with Gasteiger partial charge in [0.05, 0.1) is 12.8 Å². The van der Waals surface area contributed by atoms with Gasteiger partial charge in [0.2, 0.25) is 0 Å². The first-order valence-corrected chi connectivity index (χ1v) is 7.79. The molecule has 0 saturated carbocycles. The molecule has 23 heavy (non-hydrogen) atoms. The molecule has 1 amide bonds. The standard InChI is InChI=1S/C18H20ClNO3/c1-4-16(23-14-7-5-6-12(2)10-14)18(21)20-15-11-13(19)8-9-17(15)22-3/h5-11,16H,4H2,1-3H3,(H,20,21)/t16-/m1/s1. The third kappa shape index (κ3) is 4.63. The lowest BCUT2D eigenvalue weighted by atomic mass is 10.2. The number of hydrogen-bond acceptors (Lipinski definition) is 3. The zero-order chi connectivity index (χ0) is 16.8. The van der Waals surface area contributed by atoms with Gasteiger partial charge in [-0.3, -0.25) is 4.79 Å². The normalized spacial score (nSPS) is 11.7. The Hall–Kier alpha value is -2.20. The van der Waals surface area contributed by atoms with Crippen LogP contribution in [0.25, 0.3) is 0 Å². The number of aryl methyl sites for hydroxylation is 1. The monoisotopic (exact) mass is 333 g/mol. The lowest BCUT2D eigenvalue weighted by molar-refractivity contribution is -0.122. The van der Waals surface area contributed by atoms with Crippen molar-refractivity contribution in [2.45, 2.75) is 26.4 Å². The number of carbonyl (C=O) groups is 1.